The van der Waals surface area contributed by atoms with Gasteiger partial charge in [-0.25, -0.2) is 4.98 Å². The van der Waals surface area contributed by atoms with E-state index < -0.39 is 13.4 Å². The number of hydrogen-bond donors (Lipinski definition) is 2. The van der Waals surface area contributed by atoms with Gasteiger partial charge >= 0.3 is 7.60 Å². The summed E-state index contributed by atoms with van der Waals surface area (Å²) in [7, 11) is -3.56. The number of thiazole rings is 1. The van der Waals surface area contributed by atoms with Gasteiger partial charge in [-0.2, -0.15) is 0 Å². The van der Waals surface area contributed by atoms with E-state index in [0.717, 1.165) is 47.0 Å². The Morgan fingerprint density at radius 1 is 1.06 bits per heavy atom. The van der Waals surface area contributed by atoms with Crippen LogP contribution in [0.5, 0.6) is 0 Å². The molecule has 1 heterocycles. The predicted octanol–water partition coefficient (Wildman–Crippen LogP) is 7.42. The molecule has 0 fully saturated rings. The maximum absolute atomic E-state index is 14.0. The summed E-state index contributed by atoms with van der Waals surface area (Å²) in [4.78, 5) is 4.66. The van der Waals surface area contributed by atoms with Crippen LogP contribution in [-0.2, 0) is 13.6 Å². The summed E-state index contributed by atoms with van der Waals surface area (Å²) in [6.45, 7) is 6.89. The third-order valence-electron chi connectivity index (χ3n) is 5.08. The van der Waals surface area contributed by atoms with Gasteiger partial charge in [0.2, 0.25) is 0 Å². The molecule has 6 nitrogen and oxygen atoms in total. The van der Waals surface area contributed by atoms with Crippen molar-refractivity contribution in [3.05, 3.63) is 59.7 Å². The summed E-state index contributed by atoms with van der Waals surface area (Å²) in [5.41, 5.74) is 2.85. The maximum Gasteiger partial charge on any atom is 0.357 e. The van der Waals surface area contributed by atoms with Gasteiger partial charge < -0.3 is 19.7 Å². The van der Waals surface area contributed by atoms with Crippen molar-refractivity contribution in [3.63, 3.8) is 0 Å². The molecule has 3 aromatic rings. The Morgan fingerprint density at radius 2 is 1.73 bits per heavy atom. The molecule has 0 aliphatic rings. The van der Waals surface area contributed by atoms with Crippen molar-refractivity contribution in [2.24, 2.45) is 0 Å². The quantitative estimate of drug-likeness (QED) is 0.151. The zero-order chi connectivity index (χ0) is 23.7. The Kier molecular flexibility index (Phi) is 9.83. The Balaban J connectivity index is 1.84. The Morgan fingerprint density at radius 3 is 2.33 bits per heavy atom. The Bertz CT molecular complexity index is 1080. The van der Waals surface area contributed by atoms with Crippen LogP contribution in [-0.4, -0.2) is 23.3 Å². The van der Waals surface area contributed by atoms with Crippen molar-refractivity contribution in [2.75, 3.05) is 18.5 Å². The highest BCUT2D eigenvalue weighted by atomic mass is 32.1. The van der Waals surface area contributed by atoms with Crippen LogP contribution >= 0.6 is 31.2 Å². The highest BCUT2D eigenvalue weighted by Gasteiger charge is 2.38. The fraction of sp³-hybridized carbons (Fsp3) is 0.417. The van der Waals surface area contributed by atoms with Crippen LogP contribution in [0.25, 0.3) is 10.2 Å². The first-order valence-corrected chi connectivity index (χ1v) is 14.2. The van der Waals surface area contributed by atoms with E-state index in [1.165, 1.54) is 11.3 Å². The van der Waals surface area contributed by atoms with Crippen molar-refractivity contribution in [2.45, 2.75) is 52.2 Å². The van der Waals surface area contributed by atoms with Crippen LogP contribution in [0.4, 0.5) is 5.13 Å². The lowest BCUT2D eigenvalue weighted by atomic mass is 10.2. The number of anilines is 1. The molecule has 0 amide bonds. The molecule has 0 bridgehead atoms. The lowest BCUT2D eigenvalue weighted by molar-refractivity contribution is 0.191. The van der Waals surface area contributed by atoms with Gasteiger partial charge in [0.15, 0.2) is 16.0 Å². The van der Waals surface area contributed by atoms with Crippen LogP contribution < -0.4 is 10.6 Å². The SMILES string of the molecule is CCCCOP(=O)(OCCCC)C(NC(=S)Nc1nc2c(C)cccc2s1)c1ccccc1. The third kappa shape index (κ3) is 7.08. The zero-order valence-electron chi connectivity index (χ0n) is 19.4. The molecule has 0 radical (unpaired) electrons. The summed E-state index contributed by atoms with van der Waals surface area (Å²) in [6, 6.07) is 15.6. The molecule has 2 N–H and O–H groups in total. The number of para-hydroxylation sites is 1. The van der Waals surface area contributed by atoms with E-state index in [1.54, 1.807) is 0 Å². The second-order valence-corrected chi connectivity index (χ2v) is 11.3. The molecular formula is C24H32N3O3PS2. The van der Waals surface area contributed by atoms with Gasteiger partial charge in [0.05, 0.1) is 23.4 Å². The fourth-order valence-corrected chi connectivity index (χ4v) is 6.51. The van der Waals surface area contributed by atoms with Gasteiger partial charge in [0, 0.05) is 0 Å². The van der Waals surface area contributed by atoms with Crippen LogP contribution in [0.2, 0.25) is 0 Å². The highest BCUT2D eigenvalue weighted by Crippen LogP contribution is 2.60. The molecule has 33 heavy (non-hydrogen) atoms. The minimum Gasteiger partial charge on any atom is -0.345 e. The second-order valence-electron chi connectivity index (χ2n) is 7.77. The number of unbranched alkanes of at least 4 members (excludes halogenated alkanes) is 2. The van der Waals surface area contributed by atoms with E-state index in [4.69, 9.17) is 21.3 Å². The highest BCUT2D eigenvalue weighted by molar-refractivity contribution is 7.80. The molecule has 178 valence electrons. The molecule has 0 aliphatic carbocycles. The normalized spacial score (nSPS) is 12.6. The number of fused-ring (bicyclic) bond motifs is 1. The van der Waals surface area contributed by atoms with E-state index in [-0.39, 0.29) is 0 Å². The summed E-state index contributed by atoms with van der Waals surface area (Å²) >= 11 is 7.12. The first kappa shape index (κ1) is 25.8. The van der Waals surface area contributed by atoms with Crippen molar-refractivity contribution >= 4 is 51.6 Å². The number of nitrogens with one attached hydrogen (secondary N) is 2. The van der Waals surface area contributed by atoms with Gasteiger partial charge in [0.1, 0.15) is 0 Å². The molecule has 0 aliphatic heterocycles. The van der Waals surface area contributed by atoms with E-state index >= 15 is 0 Å². The number of benzene rings is 2. The first-order chi connectivity index (χ1) is 16.0. The summed E-state index contributed by atoms with van der Waals surface area (Å²) in [6.07, 6.45) is 3.48. The standard InChI is InChI=1S/C24H32N3O3PS2/c1-4-6-16-29-31(28,30-17-7-5-2)22(19-13-9-8-10-14-19)26-23(32)27-24-25-21-18(3)12-11-15-20(21)33-24/h8-15,22H,4-7,16-17H2,1-3H3,(H2,25,26,27,32). The number of nitrogens with zero attached hydrogens (tertiary/aromatic N) is 1. The van der Waals surface area contributed by atoms with Gasteiger partial charge in [-0.15, -0.1) is 0 Å². The van der Waals surface area contributed by atoms with Crippen molar-refractivity contribution in [1.29, 1.82) is 0 Å². The molecule has 3 rings (SSSR count). The number of thiocarbonyl (C=S) groups is 1. The Labute approximate surface area is 205 Å². The molecule has 9 heteroatoms. The summed E-state index contributed by atoms with van der Waals surface area (Å²) in [5.74, 6) is -0.733. The lowest BCUT2D eigenvalue weighted by Gasteiger charge is -2.29. The van der Waals surface area contributed by atoms with E-state index in [2.05, 4.69) is 29.5 Å². The van der Waals surface area contributed by atoms with E-state index in [0.29, 0.717) is 23.5 Å². The largest absolute Gasteiger partial charge is 0.357 e. The second kappa shape index (κ2) is 12.6. The van der Waals surface area contributed by atoms with Crippen molar-refractivity contribution in [1.82, 2.24) is 10.3 Å². The van der Waals surface area contributed by atoms with Crippen LogP contribution in [0.15, 0.2) is 48.5 Å². The number of aryl methyl sites for hydroxylation is 1. The molecule has 2 aromatic carbocycles. The monoisotopic (exact) mass is 505 g/mol. The third-order valence-corrected chi connectivity index (χ3v) is 8.38. The molecule has 1 aromatic heterocycles. The van der Waals surface area contributed by atoms with Gasteiger partial charge in [0.25, 0.3) is 0 Å². The van der Waals surface area contributed by atoms with Crippen LogP contribution in [0, 0.1) is 6.92 Å². The summed E-state index contributed by atoms with van der Waals surface area (Å²) in [5, 5.41) is 7.37. The predicted molar refractivity (Wildman–Crippen MR) is 142 cm³/mol. The fourth-order valence-electron chi connectivity index (χ4n) is 3.24. The number of hydrogen-bond acceptors (Lipinski definition) is 6. The molecule has 0 saturated heterocycles. The minimum absolute atomic E-state index is 0.318. The van der Waals surface area contributed by atoms with Gasteiger partial charge in [-0.05, 0) is 49.2 Å². The molecule has 1 unspecified atom stereocenters. The lowest BCUT2D eigenvalue weighted by Crippen LogP contribution is -2.33. The molecule has 1 atom stereocenters. The maximum atomic E-state index is 14.0. The van der Waals surface area contributed by atoms with Gasteiger partial charge in [-0.1, -0.05) is 80.5 Å². The molecule has 0 saturated carbocycles. The van der Waals surface area contributed by atoms with Gasteiger partial charge in [-0.3, -0.25) is 4.57 Å². The van der Waals surface area contributed by atoms with Crippen molar-refractivity contribution in [3.8, 4) is 0 Å². The first-order valence-electron chi connectivity index (χ1n) is 11.3. The minimum atomic E-state index is -3.56. The smallest absolute Gasteiger partial charge is 0.345 e. The summed E-state index contributed by atoms with van der Waals surface area (Å²) < 4.78 is 26.9. The number of rotatable bonds is 12. The molecular weight excluding hydrogens is 473 g/mol. The average molecular weight is 506 g/mol. The zero-order valence-corrected chi connectivity index (χ0v) is 21.9. The molecule has 0 spiro atoms. The van der Waals surface area contributed by atoms with E-state index in [9.17, 15) is 4.57 Å². The van der Waals surface area contributed by atoms with Crippen molar-refractivity contribution < 1.29 is 13.6 Å². The Hall–Kier alpha value is -1.83. The van der Waals surface area contributed by atoms with Crippen LogP contribution in [0.3, 0.4) is 0 Å². The number of aromatic nitrogens is 1. The topological polar surface area (TPSA) is 72.5 Å². The van der Waals surface area contributed by atoms with Crippen LogP contribution in [0.1, 0.15) is 56.4 Å². The van der Waals surface area contributed by atoms with E-state index in [1.807, 2.05) is 55.5 Å². The average Bonchev–Trinajstić information content (AvgIpc) is 3.22.